The van der Waals surface area contributed by atoms with E-state index in [4.69, 9.17) is 4.74 Å². The number of ether oxygens (including phenoxy) is 1. The molecule has 0 saturated carbocycles. The molecule has 0 unspecified atom stereocenters. The molecule has 0 spiro atoms. The molecule has 3 rings (SSSR count). The molecule has 0 atom stereocenters. The van der Waals surface area contributed by atoms with E-state index < -0.39 is 0 Å². The first kappa shape index (κ1) is 18.7. The van der Waals surface area contributed by atoms with Gasteiger partial charge in [0.1, 0.15) is 12.4 Å². The van der Waals surface area contributed by atoms with E-state index in [1.807, 2.05) is 48.5 Å². The molecule has 1 heterocycles. The third-order valence-electron chi connectivity index (χ3n) is 3.65. The molecule has 132 valence electrons. The Hall–Kier alpha value is -2.06. The summed E-state index contributed by atoms with van der Waals surface area (Å²) >= 11 is 3.18. The van der Waals surface area contributed by atoms with Crippen LogP contribution in [0.3, 0.4) is 0 Å². The average Bonchev–Trinajstić information content (AvgIpc) is 2.89. The SMILES string of the molecule is C=CCOc1cccc(/C=C2/SC(=O)N(Cc3ccc(I)cc3)C2=O)c1. The van der Waals surface area contributed by atoms with E-state index in [0.717, 1.165) is 26.5 Å². The summed E-state index contributed by atoms with van der Waals surface area (Å²) in [4.78, 5) is 26.6. The number of halogens is 1. The molecule has 1 saturated heterocycles. The third kappa shape index (κ3) is 4.56. The minimum atomic E-state index is -0.268. The van der Waals surface area contributed by atoms with Crippen LogP contribution in [0.2, 0.25) is 0 Å². The number of imide groups is 1. The van der Waals surface area contributed by atoms with Gasteiger partial charge < -0.3 is 4.74 Å². The first-order chi connectivity index (χ1) is 12.6. The summed E-state index contributed by atoms with van der Waals surface area (Å²) in [6.45, 7) is 4.31. The van der Waals surface area contributed by atoms with Crippen molar-refractivity contribution < 1.29 is 14.3 Å². The van der Waals surface area contributed by atoms with Crippen molar-refractivity contribution in [1.82, 2.24) is 4.90 Å². The molecule has 1 aliphatic heterocycles. The average molecular weight is 477 g/mol. The van der Waals surface area contributed by atoms with E-state index >= 15 is 0 Å². The zero-order chi connectivity index (χ0) is 18.5. The lowest BCUT2D eigenvalue weighted by molar-refractivity contribution is -0.123. The molecule has 2 amide bonds. The molecule has 1 aliphatic rings. The van der Waals surface area contributed by atoms with Gasteiger partial charge in [-0.25, -0.2) is 0 Å². The molecular formula is C20H16INO3S. The summed E-state index contributed by atoms with van der Waals surface area (Å²) < 4.78 is 6.61. The Morgan fingerprint density at radius 2 is 1.92 bits per heavy atom. The van der Waals surface area contributed by atoms with Crippen molar-refractivity contribution >= 4 is 51.6 Å². The Labute approximate surface area is 170 Å². The van der Waals surface area contributed by atoms with Crippen LogP contribution in [0.15, 0.2) is 66.1 Å². The second-order valence-electron chi connectivity index (χ2n) is 5.57. The highest BCUT2D eigenvalue weighted by atomic mass is 127. The number of hydrogen-bond donors (Lipinski definition) is 0. The molecule has 0 aliphatic carbocycles. The van der Waals surface area contributed by atoms with Crippen LogP contribution in [0.4, 0.5) is 4.79 Å². The minimum absolute atomic E-state index is 0.251. The molecule has 0 bridgehead atoms. The largest absolute Gasteiger partial charge is 0.490 e. The Bertz CT molecular complexity index is 877. The maximum atomic E-state index is 12.6. The van der Waals surface area contributed by atoms with Crippen LogP contribution in [-0.2, 0) is 11.3 Å². The van der Waals surface area contributed by atoms with E-state index in [1.54, 1.807) is 12.2 Å². The summed E-state index contributed by atoms with van der Waals surface area (Å²) in [5.41, 5.74) is 1.74. The fourth-order valence-electron chi connectivity index (χ4n) is 2.41. The molecule has 6 heteroatoms. The van der Waals surface area contributed by atoms with E-state index in [0.29, 0.717) is 17.3 Å². The van der Waals surface area contributed by atoms with Gasteiger partial charge in [-0.1, -0.05) is 36.9 Å². The number of thioether (sulfide) groups is 1. The smallest absolute Gasteiger partial charge is 0.293 e. The minimum Gasteiger partial charge on any atom is -0.490 e. The maximum absolute atomic E-state index is 12.6. The number of hydrogen-bond acceptors (Lipinski definition) is 4. The molecule has 0 N–H and O–H groups in total. The number of benzene rings is 2. The van der Waals surface area contributed by atoms with Gasteiger partial charge in [0.05, 0.1) is 11.4 Å². The first-order valence-corrected chi connectivity index (χ1v) is 9.80. The van der Waals surface area contributed by atoms with Crippen LogP contribution in [0.5, 0.6) is 5.75 Å². The van der Waals surface area contributed by atoms with Crippen molar-refractivity contribution in [2.24, 2.45) is 0 Å². The summed E-state index contributed by atoms with van der Waals surface area (Å²) in [6, 6.07) is 15.2. The molecule has 0 radical (unpaired) electrons. The van der Waals surface area contributed by atoms with E-state index in [-0.39, 0.29) is 17.7 Å². The highest BCUT2D eigenvalue weighted by molar-refractivity contribution is 14.1. The highest BCUT2D eigenvalue weighted by Crippen LogP contribution is 2.33. The third-order valence-corrected chi connectivity index (χ3v) is 5.28. The Kier molecular flexibility index (Phi) is 6.16. The second-order valence-corrected chi connectivity index (χ2v) is 7.81. The zero-order valence-corrected chi connectivity index (χ0v) is 16.8. The van der Waals surface area contributed by atoms with Crippen LogP contribution in [-0.4, -0.2) is 22.7 Å². The highest BCUT2D eigenvalue weighted by Gasteiger charge is 2.34. The Balaban J connectivity index is 1.76. The van der Waals surface area contributed by atoms with Crippen molar-refractivity contribution in [3.8, 4) is 5.75 Å². The number of carbonyl (C=O) groups is 2. The number of carbonyl (C=O) groups excluding carboxylic acids is 2. The van der Waals surface area contributed by atoms with E-state index in [1.165, 1.54) is 4.90 Å². The summed E-state index contributed by atoms with van der Waals surface area (Å²) in [5, 5.41) is -0.251. The molecule has 4 nitrogen and oxygen atoms in total. The molecule has 26 heavy (non-hydrogen) atoms. The fourth-order valence-corrected chi connectivity index (χ4v) is 3.61. The Morgan fingerprint density at radius 1 is 1.15 bits per heavy atom. The van der Waals surface area contributed by atoms with Gasteiger partial charge >= 0.3 is 0 Å². The lowest BCUT2D eigenvalue weighted by Gasteiger charge is -2.12. The number of rotatable bonds is 6. The normalized spacial score (nSPS) is 15.6. The molecule has 2 aromatic carbocycles. The second kappa shape index (κ2) is 8.55. The van der Waals surface area contributed by atoms with E-state index in [9.17, 15) is 9.59 Å². The van der Waals surface area contributed by atoms with Gasteiger partial charge in [-0.15, -0.1) is 0 Å². The summed E-state index contributed by atoms with van der Waals surface area (Å²) in [7, 11) is 0. The van der Waals surface area contributed by atoms with Crippen LogP contribution in [0, 0.1) is 3.57 Å². The van der Waals surface area contributed by atoms with Gasteiger partial charge in [0, 0.05) is 3.57 Å². The standard InChI is InChI=1S/C20H16INO3S/c1-2-10-25-17-5-3-4-15(11-17)12-18-19(23)22(20(24)26-18)13-14-6-8-16(21)9-7-14/h2-9,11-12H,1,10,13H2/b18-12+. The molecular weight excluding hydrogens is 461 g/mol. The lowest BCUT2D eigenvalue weighted by atomic mass is 10.2. The van der Waals surface area contributed by atoms with E-state index in [2.05, 4.69) is 29.2 Å². The van der Waals surface area contributed by atoms with Crippen molar-refractivity contribution in [3.05, 3.63) is 80.8 Å². The predicted molar refractivity (Wildman–Crippen MR) is 113 cm³/mol. The number of nitrogens with zero attached hydrogens (tertiary/aromatic N) is 1. The molecule has 2 aromatic rings. The summed E-state index contributed by atoms with van der Waals surface area (Å²) in [6.07, 6.45) is 3.39. The monoisotopic (exact) mass is 477 g/mol. The van der Waals surface area contributed by atoms with Crippen LogP contribution >= 0.6 is 34.4 Å². The topological polar surface area (TPSA) is 46.6 Å². The van der Waals surface area contributed by atoms with Gasteiger partial charge in [-0.05, 0) is 75.8 Å². The van der Waals surface area contributed by atoms with Gasteiger partial charge in [0.2, 0.25) is 0 Å². The lowest BCUT2D eigenvalue weighted by Crippen LogP contribution is -2.27. The first-order valence-electron chi connectivity index (χ1n) is 7.90. The fraction of sp³-hybridized carbons (Fsp3) is 0.100. The van der Waals surface area contributed by atoms with Crippen LogP contribution < -0.4 is 4.74 Å². The molecule has 1 fully saturated rings. The van der Waals surface area contributed by atoms with Crippen molar-refractivity contribution in [1.29, 1.82) is 0 Å². The van der Waals surface area contributed by atoms with Gasteiger partial charge in [0.15, 0.2) is 0 Å². The maximum Gasteiger partial charge on any atom is 0.293 e. The predicted octanol–water partition coefficient (Wildman–Crippen LogP) is 5.09. The Morgan fingerprint density at radius 3 is 2.65 bits per heavy atom. The zero-order valence-electron chi connectivity index (χ0n) is 13.9. The summed E-state index contributed by atoms with van der Waals surface area (Å²) in [5.74, 6) is 0.424. The van der Waals surface area contributed by atoms with Gasteiger partial charge in [-0.3, -0.25) is 14.5 Å². The molecule has 0 aromatic heterocycles. The van der Waals surface area contributed by atoms with Crippen molar-refractivity contribution in [3.63, 3.8) is 0 Å². The van der Waals surface area contributed by atoms with Crippen LogP contribution in [0.25, 0.3) is 6.08 Å². The number of amides is 2. The van der Waals surface area contributed by atoms with Crippen molar-refractivity contribution in [2.75, 3.05) is 6.61 Å². The van der Waals surface area contributed by atoms with Crippen LogP contribution in [0.1, 0.15) is 11.1 Å². The van der Waals surface area contributed by atoms with Gasteiger partial charge in [0.25, 0.3) is 11.1 Å². The van der Waals surface area contributed by atoms with Gasteiger partial charge in [-0.2, -0.15) is 0 Å². The quantitative estimate of drug-likeness (QED) is 0.330. The van der Waals surface area contributed by atoms with Crippen molar-refractivity contribution in [2.45, 2.75) is 6.54 Å².